The molecule has 2 aliphatic heterocycles. The zero-order valence-electron chi connectivity index (χ0n) is 19.6. The molecule has 2 atom stereocenters. The second kappa shape index (κ2) is 9.63. The van der Waals surface area contributed by atoms with Crippen LogP contribution < -0.4 is 20.2 Å². The Morgan fingerprint density at radius 1 is 1.09 bits per heavy atom. The van der Waals surface area contributed by atoms with Crippen molar-refractivity contribution in [1.29, 1.82) is 0 Å². The van der Waals surface area contributed by atoms with Crippen LogP contribution in [0, 0.1) is 0 Å². The second-order valence-corrected chi connectivity index (χ2v) is 8.47. The molecule has 0 aromatic heterocycles. The van der Waals surface area contributed by atoms with Gasteiger partial charge < -0.3 is 14.8 Å². The fraction of sp³-hybridized carbons (Fsp3) is 0.269. The van der Waals surface area contributed by atoms with Gasteiger partial charge in [0.25, 0.3) is 5.91 Å². The summed E-state index contributed by atoms with van der Waals surface area (Å²) in [6.45, 7) is 0.0795. The first-order valence-electron chi connectivity index (χ1n) is 11.4. The molecule has 9 nitrogen and oxygen atoms in total. The molecule has 0 aliphatic carbocycles. The zero-order chi connectivity index (χ0) is 24.4. The second-order valence-electron chi connectivity index (χ2n) is 8.47. The fourth-order valence-electron chi connectivity index (χ4n) is 4.69. The van der Waals surface area contributed by atoms with Gasteiger partial charge in [-0.25, -0.2) is 10.4 Å². The summed E-state index contributed by atoms with van der Waals surface area (Å²) in [5.41, 5.74) is 5.30. The van der Waals surface area contributed by atoms with Crippen molar-refractivity contribution >= 4 is 28.9 Å². The monoisotopic (exact) mass is 473 g/mol. The number of methoxy groups -OCH3 is 2. The van der Waals surface area contributed by atoms with E-state index in [1.54, 1.807) is 31.6 Å². The van der Waals surface area contributed by atoms with Crippen molar-refractivity contribution in [3.05, 3.63) is 71.8 Å². The molecule has 180 valence electrons. The first-order chi connectivity index (χ1) is 17.1. The van der Waals surface area contributed by atoms with Crippen LogP contribution in [0.5, 0.6) is 11.5 Å². The van der Waals surface area contributed by atoms with Crippen molar-refractivity contribution < 1.29 is 19.1 Å². The Morgan fingerprint density at radius 2 is 1.89 bits per heavy atom. The van der Waals surface area contributed by atoms with Crippen LogP contribution in [0.1, 0.15) is 23.6 Å². The predicted octanol–water partition coefficient (Wildman–Crippen LogP) is 2.58. The average molecular weight is 474 g/mol. The van der Waals surface area contributed by atoms with Crippen LogP contribution in [-0.4, -0.2) is 55.0 Å². The first kappa shape index (κ1) is 22.7. The topological polar surface area (TPSA) is 95.5 Å². The number of carbonyl (C=O) groups excluding carboxylic acids is 2. The van der Waals surface area contributed by atoms with Gasteiger partial charge in [-0.15, -0.1) is 0 Å². The van der Waals surface area contributed by atoms with Crippen LogP contribution in [-0.2, 0) is 16.1 Å². The molecule has 1 saturated heterocycles. The molecule has 0 saturated carbocycles. The summed E-state index contributed by atoms with van der Waals surface area (Å²) in [6.07, 6.45) is 2.16. The number of rotatable bonds is 7. The Morgan fingerprint density at radius 3 is 2.71 bits per heavy atom. The third-order valence-electron chi connectivity index (χ3n) is 6.41. The minimum atomic E-state index is -0.428. The molecule has 9 heteroatoms. The molecule has 3 aromatic carbocycles. The molecule has 2 N–H and O–H groups in total. The van der Waals surface area contributed by atoms with Crippen molar-refractivity contribution in [1.82, 2.24) is 20.8 Å². The number of hydrazone groups is 1. The fourth-order valence-corrected chi connectivity index (χ4v) is 4.69. The van der Waals surface area contributed by atoms with Gasteiger partial charge in [0.15, 0.2) is 11.5 Å². The zero-order valence-corrected chi connectivity index (χ0v) is 19.6. The maximum atomic E-state index is 13.2. The molecule has 35 heavy (non-hydrogen) atoms. The van der Waals surface area contributed by atoms with Gasteiger partial charge >= 0.3 is 0 Å². The van der Waals surface area contributed by atoms with Crippen LogP contribution in [0.3, 0.4) is 0 Å². The molecule has 2 amide bonds. The molecule has 0 spiro atoms. The van der Waals surface area contributed by atoms with E-state index in [1.165, 1.54) is 5.01 Å². The van der Waals surface area contributed by atoms with Gasteiger partial charge in [-0.2, -0.15) is 5.10 Å². The van der Waals surface area contributed by atoms with Crippen molar-refractivity contribution in [3.8, 4) is 11.5 Å². The maximum Gasteiger partial charge on any atom is 0.267 e. The van der Waals surface area contributed by atoms with Crippen molar-refractivity contribution in [2.45, 2.75) is 25.0 Å². The summed E-state index contributed by atoms with van der Waals surface area (Å²) in [4.78, 5) is 25.8. The molecule has 0 radical (unpaired) electrons. The summed E-state index contributed by atoms with van der Waals surface area (Å²) in [7, 11) is 3.11. The average Bonchev–Trinajstić information content (AvgIpc) is 3.33. The summed E-state index contributed by atoms with van der Waals surface area (Å²) in [5, 5.41) is 12.3. The number of para-hydroxylation sites is 1. The van der Waals surface area contributed by atoms with E-state index in [9.17, 15) is 9.59 Å². The minimum Gasteiger partial charge on any atom is -0.493 e. The maximum absolute atomic E-state index is 13.2. The van der Waals surface area contributed by atoms with E-state index >= 15 is 0 Å². The third-order valence-corrected chi connectivity index (χ3v) is 6.41. The summed E-state index contributed by atoms with van der Waals surface area (Å²) in [5.74, 6) is 0.626. The van der Waals surface area contributed by atoms with Gasteiger partial charge in [-0.1, -0.05) is 54.6 Å². The van der Waals surface area contributed by atoms with E-state index in [4.69, 9.17) is 9.47 Å². The lowest BCUT2D eigenvalue weighted by molar-refractivity contribution is -0.140. The van der Waals surface area contributed by atoms with Crippen LogP contribution in [0.4, 0.5) is 0 Å². The number of hydrogen-bond donors (Lipinski definition) is 2. The highest BCUT2D eigenvalue weighted by atomic mass is 16.5. The molecular weight excluding hydrogens is 446 g/mol. The quantitative estimate of drug-likeness (QED) is 0.548. The molecule has 2 aliphatic rings. The highest BCUT2D eigenvalue weighted by molar-refractivity contribution is 5.91. The standard InChI is InChI=1S/C26H27N5O4/c1-34-23-12-6-9-18(25(23)35-2)14-27-24(32)15-30-26(33)22-13-21(29-31(22)16-28-30)20-11-5-8-17-7-3-4-10-19(17)20/h3-12,16,21-22,29H,13-15H2,1-2H3,(H,27,32). The van der Waals surface area contributed by atoms with E-state index in [0.29, 0.717) is 17.9 Å². The van der Waals surface area contributed by atoms with Crippen molar-refractivity contribution in [2.24, 2.45) is 5.10 Å². The summed E-state index contributed by atoms with van der Waals surface area (Å²) < 4.78 is 10.7. The molecule has 3 aromatic rings. The number of hydrazine groups is 1. The van der Waals surface area contributed by atoms with Gasteiger partial charge in [0.05, 0.1) is 20.3 Å². The summed E-state index contributed by atoms with van der Waals surface area (Å²) in [6, 6.07) is 19.4. The number of carbonyl (C=O) groups is 2. The Balaban J connectivity index is 1.23. The Hall–Kier alpha value is -4.11. The number of fused-ring (bicyclic) bond motifs is 2. The van der Waals surface area contributed by atoms with Gasteiger partial charge in [-0.05, 0) is 28.8 Å². The van der Waals surface area contributed by atoms with Gasteiger partial charge in [0.1, 0.15) is 18.9 Å². The smallest absolute Gasteiger partial charge is 0.267 e. The molecule has 2 unspecified atom stereocenters. The van der Waals surface area contributed by atoms with E-state index in [1.807, 2.05) is 30.3 Å². The van der Waals surface area contributed by atoms with Crippen LogP contribution in [0.25, 0.3) is 10.8 Å². The van der Waals surface area contributed by atoms with Crippen molar-refractivity contribution in [3.63, 3.8) is 0 Å². The molecule has 5 rings (SSSR count). The number of nitrogens with zero attached hydrogens (tertiary/aromatic N) is 3. The van der Waals surface area contributed by atoms with Gasteiger partial charge in [-0.3, -0.25) is 14.6 Å². The lowest BCUT2D eigenvalue weighted by Gasteiger charge is -2.29. The van der Waals surface area contributed by atoms with E-state index < -0.39 is 6.04 Å². The normalized spacial score (nSPS) is 19.1. The number of amides is 2. The van der Waals surface area contributed by atoms with Gasteiger partial charge in [0, 0.05) is 12.1 Å². The van der Waals surface area contributed by atoms with Crippen molar-refractivity contribution in [2.75, 3.05) is 20.8 Å². The number of benzene rings is 3. The largest absolute Gasteiger partial charge is 0.493 e. The Labute approximate surface area is 203 Å². The first-order valence-corrected chi connectivity index (χ1v) is 11.4. The van der Waals surface area contributed by atoms with Crippen LogP contribution in [0.15, 0.2) is 65.8 Å². The number of ether oxygens (including phenoxy) is 2. The molecule has 1 fully saturated rings. The van der Waals surface area contributed by atoms with Gasteiger partial charge in [0.2, 0.25) is 5.91 Å². The molecule has 0 bridgehead atoms. The minimum absolute atomic E-state index is 0.0317. The lowest BCUT2D eigenvalue weighted by atomic mass is 9.96. The molecular formula is C26H27N5O4. The van der Waals surface area contributed by atoms with Crippen LogP contribution >= 0.6 is 0 Å². The number of hydrogen-bond acceptors (Lipinski definition) is 7. The van der Waals surface area contributed by atoms with E-state index in [2.05, 4.69) is 40.1 Å². The van der Waals surface area contributed by atoms with Crippen LogP contribution in [0.2, 0.25) is 0 Å². The van der Waals surface area contributed by atoms with E-state index in [-0.39, 0.29) is 30.9 Å². The lowest BCUT2D eigenvalue weighted by Crippen LogP contribution is -2.52. The summed E-state index contributed by atoms with van der Waals surface area (Å²) >= 11 is 0. The van der Waals surface area contributed by atoms with E-state index in [0.717, 1.165) is 21.9 Å². The highest BCUT2D eigenvalue weighted by Crippen LogP contribution is 2.33. The highest BCUT2D eigenvalue weighted by Gasteiger charge is 2.41. The predicted molar refractivity (Wildman–Crippen MR) is 132 cm³/mol. The SMILES string of the molecule is COc1cccc(CNC(=O)CN2N=CN3NC(c4cccc5ccccc45)CC3C2=O)c1OC. The Kier molecular flexibility index (Phi) is 6.24. The third kappa shape index (κ3) is 4.38. The number of nitrogens with one attached hydrogen (secondary N) is 2. The molecule has 2 heterocycles. The Bertz CT molecular complexity index is 1290.